The molecule has 0 aromatic carbocycles. The average Bonchev–Trinajstić information content (AvgIpc) is 3.62. The zero-order valence-electron chi connectivity index (χ0n) is 29.2. The fourth-order valence-corrected chi connectivity index (χ4v) is 8.62. The van der Waals surface area contributed by atoms with Crippen LogP contribution in [0.5, 0.6) is 0 Å². The number of aliphatic hydroxyl groups is 2. The minimum Gasteiger partial charge on any atom is -0.481 e. The van der Waals surface area contributed by atoms with Gasteiger partial charge in [0.2, 0.25) is 11.8 Å². The highest BCUT2D eigenvalue weighted by molar-refractivity contribution is 8.29. The SMILES string of the molecule is C[SH](CCNC(=O)CCNC(=O)C(O)C(C)(C)COP(=O)(O)OP(=O)(O)OC[C@H]1O[C@@H](n2cnc3c(N)ncnc32)[C@H](O)[C@@H]1OP(=O)(O)O)C(=O)CC(=O)O. The number of rotatable bonds is 21. The number of fused-ring (bicyclic) bond motifs is 1. The maximum Gasteiger partial charge on any atom is 0.481 e. The van der Waals surface area contributed by atoms with E-state index in [4.69, 9.17) is 24.6 Å². The number of hydrogen-bond acceptors (Lipinski definition) is 18. The standard InChI is InChI=1S/C25H42N7O19P3S/c1-25(2,20(38)23(39)28-5-4-14(33)27-6-7-55(3)16(36)8-15(34)35)10-48-54(45,46)51-53(43,44)47-9-13-19(50-52(40,41)42)18(37)24(49-13)32-12-31-17-21(26)29-11-30-22(17)32/h11-13,18-20,24,37-38,55H,4-10H2,1-3H3,(H,27,33)(H,28,39)(H,34,35)(H,43,44)(H,45,46)(H2,26,29,30)(H2,40,41,42)/t13-,18-,19-,20?,24-/m1/s1. The largest absolute Gasteiger partial charge is 0.481 e. The van der Waals surface area contributed by atoms with E-state index in [1.54, 1.807) is 6.26 Å². The zero-order valence-corrected chi connectivity index (χ0v) is 32.8. The Hall–Kier alpha value is -2.97. The topological polar surface area (TPSA) is 401 Å². The van der Waals surface area contributed by atoms with Crippen molar-refractivity contribution in [3.05, 3.63) is 12.7 Å². The third-order valence-electron chi connectivity index (χ3n) is 7.58. The van der Waals surface area contributed by atoms with Crippen LogP contribution in [0.3, 0.4) is 0 Å². The lowest BCUT2D eigenvalue weighted by atomic mass is 9.87. The number of carboxylic acids is 1. The minimum absolute atomic E-state index is 0.0194. The first kappa shape index (κ1) is 46.4. The summed E-state index contributed by atoms with van der Waals surface area (Å²) in [6.07, 6.45) is -6.13. The van der Waals surface area contributed by atoms with Gasteiger partial charge in [-0.25, -0.2) is 28.6 Å². The Balaban J connectivity index is 1.51. The molecule has 1 fully saturated rings. The second-order valence-corrected chi connectivity index (χ2v) is 19.0. The molecule has 0 aliphatic carbocycles. The molecule has 0 bridgehead atoms. The number of aliphatic hydroxyl groups excluding tert-OH is 2. The molecule has 4 unspecified atom stereocenters. The number of anilines is 1. The van der Waals surface area contributed by atoms with Gasteiger partial charge < -0.3 is 56.0 Å². The molecule has 8 atom stereocenters. The highest BCUT2D eigenvalue weighted by Crippen LogP contribution is 2.61. The summed E-state index contributed by atoms with van der Waals surface area (Å²) in [6, 6.07) is 0. The Labute approximate surface area is 313 Å². The van der Waals surface area contributed by atoms with Crippen molar-refractivity contribution >= 4 is 74.2 Å². The molecule has 55 heavy (non-hydrogen) atoms. The van der Waals surface area contributed by atoms with Crippen LogP contribution in [0.1, 0.15) is 32.9 Å². The summed E-state index contributed by atoms with van der Waals surface area (Å²) >= 11 is 0. The van der Waals surface area contributed by atoms with Crippen LogP contribution in [-0.2, 0) is 55.5 Å². The lowest BCUT2D eigenvalue weighted by Crippen LogP contribution is -2.46. The van der Waals surface area contributed by atoms with Gasteiger partial charge in [-0.05, 0) is 12.0 Å². The molecule has 3 heterocycles. The second kappa shape index (κ2) is 19.0. The number of phosphoric acid groups is 3. The number of thiol groups is 1. The highest BCUT2D eigenvalue weighted by atomic mass is 32.2. The van der Waals surface area contributed by atoms with Gasteiger partial charge in [0.05, 0.1) is 19.5 Å². The molecule has 0 radical (unpaired) electrons. The molecule has 30 heteroatoms. The van der Waals surface area contributed by atoms with Crippen LogP contribution in [0.15, 0.2) is 12.7 Å². The number of carbonyl (C=O) groups excluding carboxylic acids is 3. The van der Waals surface area contributed by atoms with E-state index in [9.17, 15) is 62.7 Å². The van der Waals surface area contributed by atoms with Crippen molar-refractivity contribution in [2.75, 3.05) is 44.0 Å². The molecule has 1 aliphatic heterocycles. The molecule has 1 aliphatic rings. The lowest BCUT2D eigenvalue weighted by molar-refractivity contribution is -0.139. The van der Waals surface area contributed by atoms with Gasteiger partial charge in [0.1, 0.15) is 42.7 Å². The summed E-state index contributed by atoms with van der Waals surface area (Å²) in [5, 5.41) is 34.4. The molecular weight excluding hydrogens is 827 g/mol. The van der Waals surface area contributed by atoms with Crippen molar-refractivity contribution in [2.24, 2.45) is 5.41 Å². The highest BCUT2D eigenvalue weighted by Gasteiger charge is 2.50. The average molecular weight is 870 g/mol. The van der Waals surface area contributed by atoms with Crippen LogP contribution in [0, 0.1) is 5.41 Å². The van der Waals surface area contributed by atoms with Gasteiger partial charge in [-0.1, -0.05) is 13.8 Å². The molecule has 0 spiro atoms. The monoisotopic (exact) mass is 869 g/mol. The molecule has 11 N–H and O–H groups in total. The van der Waals surface area contributed by atoms with Crippen LogP contribution >= 0.6 is 34.4 Å². The first-order valence-electron chi connectivity index (χ1n) is 15.7. The fraction of sp³-hybridized carbons (Fsp3) is 0.640. The predicted octanol–water partition coefficient (Wildman–Crippen LogP) is -1.96. The van der Waals surface area contributed by atoms with Crippen molar-refractivity contribution in [2.45, 2.75) is 57.3 Å². The van der Waals surface area contributed by atoms with E-state index in [1.165, 1.54) is 13.8 Å². The number of aromatic nitrogens is 4. The molecule has 2 aromatic heterocycles. The quantitative estimate of drug-likeness (QED) is 0.0368. The van der Waals surface area contributed by atoms with Gasteiger partial charge >= 0.3 is 29.4 Å². The molecule has 2 aromatic rings. The lowest BCUT2D eigenvalue weighted by Gasteiger charge is -2.30. The van der Waals surface area contributed by atoms with Crippen molar-refractivity contribution in [1.82, 2.24) is 30.2 Å². The van der Waals surface area contributed by atoms with Crippen LogP contribution in [0.25, 0.3) is 11.2 Å². The number of nitrogen functional groups attached to an aromatic ring is 1. The number of aliphatic carboxylic acids is 1. The Morgan fingerprint density at radius 1 is 1.05 bits per heavy atom. The van der Waals surface area contributed by atoms with Crippen molar-refractivity contribution in [3.63, 3.8) is 0 Å². The Bertz CT molecular complexity index is 1860. The van der Waals surface area contributed by atoms with E-state index >= 15 is 0 Å². The summed E-state index contributed by atoms with van der Waals surface area (Å²) in [4.78, 5) is 97.8. The Morgan fingerprint density at radius 3 is 2.35 bits per heavy atom. The molecule has 2 amide bonds. The first-order valence-corrected chi connectivity index (χ1v) is 22.2. The number of nitrogens with one attached hydrogen (secondary N) is 2. The van der Waals surface area contributed by atoms with E-state index in [0.29, 0.717) is 0 Å². The van der Waals surface area contributed by atoms with Gasteiger partial charge in [0.15, 0.2) is 22.8 Å². The number of nitrogens with two attached hydrogens (primary N) is 1. The maximum atomic E-state index is 12.6. The van der Waals surface area contributed by atoms with Gasteiger partial charge in [-0.3, -0.25) is 37.3 Å². The smallest absolute Gasteiger partial charge is 0.481 e. The molecule has 26 nitrogen and oxygen atoms in total. The maximum absolute atomic E-state index is 12.6. The van der Waals surface area contributed by atoms with Gasteiger partial charge in [-0.2, -0.15) is 15.2 Å². The van der Waals surface area contributed by atoms with Crippen LogP contribution in [0.2, 0.25) is 0 Å². The van der Waals surface area contributed by atoms with E-state index in [1.807, 2.05) is 0 Å². The normalized spacial score (nSPS) is 22.7. The van der Waals surface area contributed by atoms with Gasteiger partial charge in [0, 0.05) is 24.9 Å². The van der Waals surface area contributed by atoms with Crippen LogP contribution in [0.4, 0.5) is 5.82 Å². The third kappa shape index (κ3) is 13.9. The number of nitrogens with zero attached hydrogens (tertiary/aromatic N) is 4. The summed E-state index contributed by atoms with van der Waals surface area (Å²) in [7, 11) is -17.7. The molecule has 312 valence electrons. The number of carbonyl (C=O) groups is 4. The molecule has 0 saturated carbocycles. The molecule has 3 rings (SSSR count). The number of ether oxygens (including phenoxy) is 1. The Kier molecular flexibility index (Phi) is 16.0. The number of hydrogen-bond donors (Lipinski definition) is 11. The number of imidazole rings is 1. The van der Waals surface area contributed by atoms with Crippen LogP contribution in [-0.4, -0.2) is 140 Å². The van der Waals surface area contributed by atoms with E-state index < -0.39 is 113 Å². The van der Waals surface area contributed by atoms with E-state index in [2.05, 4.69) is 34.4 Å². The summed E-state index contributed by atoms with van der Waals surface area (Å²) < 4.78 is 61.9. The number of carboxylic acid groups (broad SMARTS) is 1. The van der Waals surface area contributed by atoms with Crippen LogP contribution < -0.4 is 16.4 Å². The van der Waals surface area contributed by atoms with Crippen molar-refractivity contribution < 1.29 is 90.4 Å². The molecular formula is C25H42N7O19P3S. The summed E-state index contributed by atoms with van der Waals surface area (Å²) in [6.45, 7) is 0.207. The van der Waals surface area contributed by atoms with E-state index in [0.717, 1.165) is 17.2 Å². The Morgan fingerprint density at radius 2 is 1.71 bits per heavy atom. The predicted molar refractivity (Wildman–Crippen MR) is 187 cm³/mol. The molecule has 1 saturated heterocycles. The van der Waals surface area contributed by atoms with Gasteiger partial charge in [0.25, 0.3) is 0 Å². The number of phosphoric ester groups is 3. The summed E-state index contributed by atoms with van der Waals surface area (Å²) in [5.41, 5.74) is 4.19. The second-order valence-electron chi connectivity index (χ2n) is 12.5. The summed E-state index contributed by atoms with van der Waals surface area (Å²) in [5.74, 6) is -2.60. The van der Waals surface area contributed by atoms with Crippen molar-refractivity contribution in [1.29, 1.82) is 0 Å². The van der Waals surface area contributed by atoms with Crippen molar-refractivity contribution in [3.8, 4) is 0 Å². The third-order valence-corrected chi connectivity index (χ3v) is 12.6. The number of amides is 2. The fourth-order valence-electron chi connectivity index (χ4n) is 4.69. The minimum atomic E-state index is -5.59. The van der Waals surface area contributed by atoms with Gasteiger partial charge in [-0.15, -0.1) is 0 Å². The zero-order chi connectivity index (χ0) is 41.5. The van der Waals surface area contributed by atoms with E-state index in [-0.39, 0.29) is 42.2 Å². The first-order chi connectivity index (χ1) is 25.3.